The number of carbonyl (C=O) groups excluding carboxylic acids is 3. The van der Waals surface area contributed by atoms with Crippen LogP contribution in [0, 0.1) is 21.4 Å². The number of non-ortho nitro benzene ring substituents is 1. The number of allylic oxidation sites excluding steroid dienone is 1. The number of anilines is 1. The molecule has 0 saturated carbocycles. The summed E-state index contributed by atoms with van der Waals surface area (Å²) in [6.45, 7) is 0. The molecule has 1 atom stereocenters. The number of alkyl halides is 3. The van der Waals surface area contributed by atoms with Crippen molar-refractivity contribution in [3.63, 3.8) is 0 Å². The SMILES string of the molecule is CS(=O)(=O)c1cc(C#N)ccc1C1C2=C(CCC2=O)N(c2cccc(C(F)(F)F)c2)C(=O)N1C(=O)Oc1ccc([N+](=O)[O-])cc1. The van der Waals surface area contributed by atoms with Gasteiger partial charge in [0.15, 0.2) is 15.6 Å². The van der Waals surface area contributed by atoms with Gasteiger partial charge >= 0.3 is 18.3 Å². The van der Waals surface area contributed by atoms with Crippen LogP contribution in [0.2, 0.25) is 0 Å². The number of hydrogen-bond acceptors (Lipinski definition) is 9. The van der Waals surface area contributed by atoms with Gasteiger partial charge in [0.1, 0.15) is 11.8 Å². The molecule has 3 aromatic rings. The first kappa shape index (κ1) is 30.9. The molecule has 45 heavy (non-hydrogen) atoms. The number of nitro groups is 1. The fourth-order valence-electron chi connectivity index (χ4n) is 5.17. The van der Waals surface area contributed by atoms with Gasteiger partial charge in [0, 0.05) is 36.1 Å². The van der Waals surface area contributed by atoms with Crippen LogP contribution in [0.1, 0.15) is 35.6 Å². The number of imide groups is 1. The number of rotatable bonds is 5. The molecule has 1 aliphatic heterocycles. The lowest BCUT2D eigenvalue weighted by Gasteiger charge is -2.40. The maximum Gasteiger partial charge on any atom is 0.424 e. The van der Waals surface area contributed by atoms with E-state index in [2.05, 4.69) is 0 Å². The van der Waals surface area contributed by atoms with E-state index in [0.717, 1.165) is 59.7 Å². The molecule has 1 heterocycles. The highest BCUT2D eigenvalue weighted by Gasteiger charge is 2.50. The Bertz CT molecular complexity index is 1970. The van der Waals surface area contributed by atoms with E-state index < -0.39 is 55.3 Å². The minimum Gasteiger partial charge on any atom is -0.410 e. The van der Waals surface area contributed by atoms with E-state index in [0.29, 0.717) is 11.0 Å². The van der Waals surface area contributed by atoms with Crippen LogP contribution >= 0.6 is 0 Å². The lowest BCUT2D eigenvalue weighted by Crippen LogP contribution is -2.53. The summed E-state index contributed by atoms with van der Waals surface area (Å²) in [6.07, 6.45) is -5.78. The summed E-state index contributed by atoms with van der Waals surface area (Å²) in [5, 5.41) is 20.4. The van der Waals surface area contributed by atoms with Gasteiger partial charge in [-0.25, -0.2) is 22.9 Å². The number of halogens is 3. The zero-order chi connectivity index (χ0) is 32.8. The van der Waals surface area contributed by atoms with E-state index in [1.165, 1.54) is 12.1 Å². The Morgan fingerprint density at radius 1 is 1.07 bits per heavy atom. The summed E-state index contributed by atoms with van der Waals surface area (Å²) in [5.41, 5.74) is -2.39. The number of nitrogens with zero attached hydrogens (tertiary/aromatic N) is 4. The van der Waals surface area contributed by atoms with Gasteiger partial charge in [0.2, 0.25) is 0 Å². The van der Waals surface area contributed by atoms with Crippen molar-refractivity contribution in [2.24, 2.45) is 0 Å². The molecule has 0 saturated heterocycles. The summed E-state index contributed by atoms with van der Waals surface area (Å²) >= 11 is 0. The monoisotopic (exact) mass is 640 g/mol. The van der Waals surface area contributed by atoms with Crippen LogP contribution in [0.3, 0.4) is 0 Å². The lowest BCUT2D eigenvalue weighted by atomic mass is 9.92. The van der Waals surface area contributed by atoms with Gasteiger partial charge in [-0.1, -0.05) is 12.1 Å². The first-order valence-corrected chi connectivity index (χ1v) is 14.8. The van der Waals surface area contributed by atoms with Gasteiger partial charge in [-0.05, 0) is 54.4 Å². The number of carbonyl (C=O) groups is 3. The summed E-state index contributed by atoms with van der Waals surface area (Å²) in [6, 6.07) is 9.96. The van der Waals surface area contributed by atoms with E-state index in [9.17, 15) is 51.3 Å². The average molecular weight is 641 g/mol. The molecule has 0 spiro atoms. The number of amides is 3. The van der Waals surface area contributed by atoms with Crippen molar-refractivity contribution < 1.29 is 45.6 Å². The van der Waals surface area contributed by atoms with Crippen LogP contribution in [0.5, 0.6) is 5.75 Å². The Kier molecular flexibility index (Phi) is 7.67. The second kappa shape index (κ2) is 11.2. The number of Topliss-reactive ketones (excluding diaryl/α,β-unsaturated/α-hetero) is 1. The Hall–Kier alpha value is -5.56. The molecule has 3 amide bonds. The van der Waals surface area contributed by atoms with Crippen LogP contribution in [0.15, 0.2) is 82.9 Å². The molecule has 230 valence electrons. The fourth-order valence-corrected chi connectivity index (χ4v) is 6.12. The third-order valence-corrected chi connectivity index (χ3v) is 8.27. The zero-order valence-corrected chi connectivity index (χ0v) is 23.8. The van der Waals surface area contributed by atoms with Crippen molar-refractivity contribution in [2.75, 3.05) is 11.2 Å². The van der Waals surface area contributed by atoms with Crippen molar-refractivity contribution in [3.05, 3.63) is 105 Å². The van der Waals surface area contributed by atoms with Gasteiger partial charge in [-0.3, -0.25) is 19.8 Å². The minimum atomic E-state index is -4.80. The molecule has 1 unspecified atom stereocenters. The Balaban J connectivity index is 1.74. The quantitative estimate of drug-likeness (QED) is 0.251. The molecule has 16 heteroatoms. The molecule has 5 rings (SSSR count). The maximum absolute atomic E-state index is 14.2. The fraction of sp³-hybridized carbons (Fsp3) is 0.172. The van der Waals surface area contributed by atoms with Gasteiger partial charge in [0.05, 0.1) is 32.7 Å². The van der Waals surface area contributed by atoms with Crippen LogP contribution < -0.4 is 9.64 Å². The summed E-state index contributed by atoms with van der Waals surface area (Å²) in [7, 11) is -4.17. The molecular formula is C29H19F3N4O8S. The maximum atomic E-state index is 14.2. The summed E-state index contributed by atoms with van der Waals surface area (Å²) in [5.74, 6) is -0.889. The Morgan fingerprint density at radius 3 is 2.36 bits per heavy atom. The molecule has 3 aromatic carbocycles. The molecule has 0 radical (unpaired) electrons. The largest absolute Gasteiger partial charge is 0.424 e. The van der Waals surface area contributed by atoms with Gasteiger partial charge < -0.3 is 4.74 Å². The number of ether oxygens (including phenoxy) is 1. The highest BCUT2D eigenvalue weighted by Crippen LogP contribution is 2.47. The number of benzene rings is 3. The van der Waals surface area contributed by atoms with Crippen molar-refractivity contribution in [1.29, 1.82) is 5.26 Å². The Labute approximate surface area is 252 Å². The van der Waals surface area contributed by atoms with Crippen molar-refractivity contribution >= 4 is 39.1 Å². The third kappa shape index (κ3) is 5.72. The van der Waals surface area contributed by atoms with E-state index in [-0.39, 0.29) is 52.4 Å². The second-order valence-corrected chi connectivity index (χ2v) is 12.0. The standard InChI is InChI=1S/C29H19F3N4O8S/c1-45(42,43)24-13-16(15-33)5-10-21(24)26-25-22(11-12-23(25)37)34(19-4-2-3-17(14-19)29(30,31)32)27(38)35(26)28(39)44-20-8-6-18(7-9-20)36(40)41/h2-10,13-14,26H,11-12H2,1H3. The van der Waals surface area contributed by atoms with Crippen LogP contribution in [-0.2, 0) is 20.8 Å². The van der Waals surface area contributed by atoms with Crippen molar-refractivity contribution in [2.45, 2.75) is 30.0 Å². The highest BCUT2D eigenvalue weighted by molar-refractivity contribution is 7.90. The molecule has 2 aliphatic rings. The number of ketones is 1. The number of nitro benzene ring substituents is 1. The van der Waals surface area contributed by atoms with Gasteiger partial charge in [-0.15, -0.1) is 0 Å². The molecule has 12 nitrogen and oxygen atoms in total. The molecular weight excluding hydrogens is 621 g/mol. The number of hydrogen-bond donors (Lipinski definition) is 0. The zero-order valence-electron chi connectivity index (χ0n) is 22.9. The lowest BCUT2D eigenvalue weighted by molar-refractivity contribution is -0.384. The molecule has 0 fully saturated rings. The van der Waals surface area contributed by atoms with Crippen molar-refractivity contribution in [1.82, 2.24) is 4.90 Å². The van der Waals surface area contributed by atoms with Crippen molar-refractivity contribution in [3.8, 4) is 11.8 Å². The van der Waals surface area contributed by atoms with Crippen LogP contribution in [0.25, 0.3) is 0 Å². The molecule has 0 bridgehead atoms. The van der Waals surface area contributed by atoms with Crippen LogP contribution in [0.4, 0.5) is 34.1 Å². The Morgan fingerprint density at radius 2 is 1.76 bits per heavy atom. The van der Waals surface area contributed by atoms with E-state index in [4.69, 9.17) is 4.74 Å². The number of urea groups is 1. The van der Waals surface area contributed by atoms with E-state index in [1.54, 1.807) is 6.07 Å². The summed E-state index contributed by atoms with van der Waals surface area (Å²) < 4.78 is 71.9. The van der Waals surface area contributed by atoms with Gasteiger partial charge in [0.25, 0.3) is 5.69 Å². The smallest absolute Gasteiger partial charge is 0.410 e. The number of nitriles is 1. The third-order valence-electron chi connectivity index (χ3n) is 7.12. The molecule has 1 aliphatic carbocycles. The normalized spacial score (nSPS) is 16.8. The van der Waals surface area contributed by atoms with Crippen LogP contribution in [-0.4, -0.2) is 42.4 Å². The van der Waals surface area contributed by atoms with E-state index in [1.807, 2.05) is 0 Å². The first-order valence-electron chi connectivity index (χ1n) is 12.9. The highest BCUT2D eigenvalue weighted by atomic mass is 32.2. The number of sulfone groups is 1. The average Bonchev–Trinajstić information content (AvgIpc) is 3.36. The summed E-state index contributed by atoms with van der Waals surface area (Å²) in [4.78, 5) is 52.4. The first-order chi connectivity index (χ1) is 21.1. The van der Waals surface area contributed by atoms with E-state index >= 15 is 0 Å². The molecule has 0 N–H and O–H groups in total. The predicted molar refractivity (Wildman–Crippen MR) is 149 cm³/mol. The second-order valence-electron chi connectivity index (χ2n) is 9.98. The topological polar surface area (TPSA) is 168 Å². The molecule has 0 aromatic heterocycles. The predicted octanol–water partition coefficient (Wildman–Crippen LogP) is 5.69. The minimum absolute atomic E-state index is 0.0440. The van der Waals surface area contributed by atoms with Gasteiger partial charge in [-0.2, -0.15) is 18.4 Å².